The summed E-state index contributed by atoms with van der Waals surface area (Å²) in [7, 11) is 1.94. The van der Waals surface area contributed by atoms with E-state index in [2.05, 4.69) is 14.9 Å². The SMILES string of the molecule is Cn1cc(C2=C(c3cn(Cc4ccccn4)c4ccccc34)C(=O)NC2=O)c2ccccc21. The van der Waals surface area contributed by atoms with Crippen LogP contribution in [0.4, 0.5) is 0 Å². The molecule has 0 spiro atoms. The third-order valence-corrected chi connectivity index (χ3v) is 6.21. The predicted octanol–water partition coefficient (Wildman–Crippen LogP) is 4.14. The molecule has 6 heteroatoms. The molecule has 33 heavy (non-hydrogen) atoms. The second kappa shape index (κ2) is 7.31. The first-order chi connectivity index (χ1) is 16.1. The van der Waals surface area contributed by atoms with E-state index in [1.54, 1.807) is 6.20 Å². The third-order valence-electron chi connectivity index (χ3n) is 6.21. The zero-order valence-electron chi connectivity index (χ0n) is 17.9. The van der Waals surface area contributed by atoms with Crippen LogP contribution in [0.5, 0.6) is 0 Å². The van der Waals surface area contributed by atoms with Crippen LogP contribution < -0.4 is 5.32 Å². The summed E-state index contributed by atoms with van der Waals surface area (Å²) in [5.74, 6) is -0.739. The molecule has 6 nitrogen and oxygen atoms in total. The molecule has 1 aliphatic heterocycles. The normalized spacial score (nSPS) is 14.0. The van der Waals surface area contributed by atoms with Gasteiger partial charge in [-0.1, -0.05) is 42.5 Å². The Labute approximate surface area is 189 Å². The van der Waals surface area contributed by atoms with E-state index in [0.717, 1.165) is 38.6 Å². The van der Waals surface area contributed by atoms with E-state index in [9.17, 15) is 9.59 Å². The highest BCUT2D eigenvalue weighted by Gasteiger charge is 2.35. The molecule has 2 amide bonds. The molecule has 0 atom stereocenters. The van der Waals surface area contributed by atoms with E-state index in [0.29, 0.717) is 17.7 Å². The molecular weight excluding hydrogens is 412 g/mol. The molecule has 6 rings (SSSR count). The van der Waals surface area contributed by atoms with Crippen LogP contribution in [0.1, 0.15) is 16.8 Å². The number of para-hydroxylation sites is 2. The van der Waals surface area contributed by atoms with E-state index in [4.69, 9.17) is 0 Å². The van der Waals surface area contributed by atoms with Gasteiger partial charge in [0.2, 0.25) is 0 Å². The van der Waals surface area contributed by atoms with Crippen LogP contribution in [0.25, 0.3) is 33.0 Å². The summed E-state index contributed by atoms with van der Waals surface area (Å²) >= 11 is 0. The molecular formula is C27H20N4O2. The minimum atomic E-state index is -0.372. The smallest absolute Gasteiger partial charge is 0.259 e. The number of hydrogen-bond acceptors (Lipinski definition) is 3. The van der Waals surface area contributed by atoms with Crippen LogP contribution in [-0.4, -0.2) is 25.9 Å². The number of fused-ring (bicyclic) bond motifs is 2. The number of rotatable bonds is 4. The standard InChI is InChI=1S/C27H20N4O2/c1-30-15-20(18-9-2-4-11-22(18)30)24-25(27(33)29-26(24)32)21-16-31(14-17-8-6-7-13-28-17)23-12-5-3-10-19(21)23/h2-13,15-16H,14H2,1H3,(H,29,32,33). The molecule has 0 unspecified atom stereocenters. The second-order valence-electron chi connectivity index (χ2n) is 8.21. The molecule has 0 radical (unpaired) electrons. The molecule has 0 fully saturated rings. The van der Waals surface area contributed by atoms with Gasteiger partial charge in [0.1, 0.15) is 0 Å². The molecule has 0 bridgehead atoms. The lowest BCUT2D eigenvalue weighted by molar-refractivity contribution is -0.122. The molecule has 1 aliphatic rings. The van der Waals surface area contributed by atoms with Crippen molar-refractivity contribution >= 4 is 44.8 Å². The number of carbonyl (C=O) groups excluding carboxylic acids is 2. The van der Waals surface area contributed by atoms with Crippen molar-refractivity contribution in [1.82, 2.24) is 19.4 Å². The summed E-state index contributed by atoms with van der Waals surface area (Å²) in [6.45, 7) is 0.563. The topological polar surface area (TPSA) is 68.9 Å². The maximum absolute atomic E-state index is 13.1. The largest absolute Gasteiger partial charge is 0.350 e. The Kier molecular flexibility index (Phi) is 4.26. The van der Waals surface area contributed by atoms with Gasteiger partial charge >= 0.3 is 0 Å². The Morgan fingerprint density at radius 2 is 1.36 bits per heavy atom. The van der Waals surface area contributed by atoms with Crippen LogP contribution in [-0.2, 0) is 23.2 Å². The van der Waals surface area contributed by atoms with Gasteiger partial charge in [-0.2, -0.15) is 0 Å². The van der Waals surface area contributed by atoms with Gasteiger partial charge in [0.25, 0.3) is 11.8 Å². The molecule has 3 aromatic heterocycles. The Bertz CT molecular complexity index is 1610. The van der Waals surface area contributed by atoms with Crippen molar-refractivity contribution in [3.05, 3.63) is 102 Å². The average molecular weight is 432 g/mol. The average Bonchev–Trinajstić information content (AvgIpc) is 3.45. The summed E-state index contributed by atoms with van der Waals surface area (Å²) in [5.41, 5.74) is 5.23. The fraction of sp³-hybridized carbons (Fsp3) is 0.0741. The molecule has 4 heterocycles. The highest BCUT2D eigenvalue weighted by Crippen LogP contribution is 2.38. The first-order valence-corrected chi connectivity index (χ1v) is 10.7. The number of imide groups is 1. The van der Waals surface area contributed by atoms with Crippen molar-refractivity contribution in [2.24, 2.45) is 7.05 Å². The monoisotopic (exact) mass is 432 g/mol. The quantitative estimate of drug-likeness (QED) is 0.434. The van der Waals surface area contributed by atoms with E-state index < -0.39 is 0 Å². The Balaban J connectivity index is 1.61. The van der Waals surface area contributed by atoms with Gasteiger partial charge in [-0.15, -0.1) is 0 Å². The van der Waals surface area contributed by atoms with Crippen molar-refractivity contribution in [1.29, 1.82) is 0 Å². The minimum Gasteiger partial charge on any atom is -0.350 e. The Hall–Kier alpha value is -4.45. The number of aromatic nitrogens is 3. The van der Waals surface area contributed by atoms with Gasteiger partial charge in [0, 0.05) is 58.6 Å². The van der Waals surface area contributed by atoms with E-state index in [-0.39, 0.29) is 11.8 Å². The number of hydrogen-bond donors (Lipinski definition) is 1. The first kappa shape index (κ1) is 19.3. The van der Waals surface area contributed by atoms with Gasteiger partial charge in [-0.25, -0.2) is 0 Å². The van der Waals surface area contributed by atoms with Crippen LogP contribution in [0.2, 0.25) is 0 Å². The number of pyridine rings is 1. The zero-order chi connectivity index (χ0) is 22.5. The molecule has 5 aromatic rings. The molecule has 0 aliphatic carbocycles. The number of nitrogens with zero attached hydrogens (tertiary/aromatic N) is 3. The molecule has 2 aromatic carbocycles. The lowest BCUT2D eigenvalue weighted by Gasteiger charge is -2.04. The lowest BCUT2D eigenvalue weighted by atomic mass is 9.95. The Morgan fingerprint density at radius 3 is 2.06 bits per heavy atom. The van der Waals surface area contributed by atoms with Crippen LogP contribution >= 0.6 is 0 Å². The van der Waals surface area contributed by atoms with Crippen LogP contribution in [0.15, 0.2) is 85.3 Å². The zero-order valence-corrected chi connectivity index (χ0v) is 17.9. The van der Waals surface area contributed by atoms with Crippen molar-refractivity contribution in [3.63, 3.8) is 0 Å². The molecule has 0 saturated carbocycles. The summed E-state index contributed by atoms with van der Waals surface area (Å²) in [5, 5.41) is 4.39. The van der Waals surface area contributed by atoms with E-state index >= 15 is 0 Å². The maximum Gasteiger partial charge on any atom is 0.259 e. The van der Waals surface area contributed by atoms with Crippen molar-refractivity contribution in [2.75, 3.05) is 0 Å². The van der Waals surface area contributed by atoms with Gasteiger partial charge in [-0.05, 0) is 24.3 Å². The van der Waals surface area contributed by atoms with E-state index in [1.807, 2.05) is 90.7 Å². The number of carbonyl (C=O) groups is 2. The van der Waals surface area contributed by atoms with Crippen molar-refractivity contribution < 1.29 is 9.59 Å². The number of nitrogens with one attached hydrogen (secondary N) is 1. The van der Waals surface area contributed by atoms with Crippen LogP contribution in [0, 0.1) is 0 Å². The number of aryl methyl sites for hydroxylation is 1. The van der Waals surface area contributed by atoms with E-state index in [1.165, 1.54) is 0 Å². The molecule has 1 N–H and O–H groups in total. The van der Waals surface area contributed by atoms with Crippen molar-refractivity contribution in [2.45, 2.75) is 6.54 Å². The molecule has 0 saturated heterocycles. The summed E-state index contributed by atoms with van der Waals surface area (Å²) in [6.07, 6.45) is 5.65. The summed E-state index contributed by atoms with van der Waals surface area (Å²) < 4.78 is 4.06. The fourth-order valence-corrected chi connectivity index (χ4v) is 4.75. The summed E-state index contributed by atoms with van der Waals surface area (Å²) in [6, 6.07) is 21.6. The van der Waals surface area contributed by atoms with Gasteiger partial charge in [0.15, 0.2) is 0 Å². The highest BCUT2D eigenvalue weighted by atomic mass is 16.2. The van der Waals surface area contributed by atoms with Crippen molar-refractivity contribution in [3.8, 4) is 0 Å². The Morgan fingerprint density at radius 1 is 0.758 bits per heavy atom. The second-order valence-corrected chi connectivity index (χ2v) is 8.21. The predicted molar refractivity (Wildman–Crippen MR) is 128 cm³/mol. The van der Waals surface area contributed by atoms with Gasteiger partial charge in [0.05, 0.1) is 23.4 Å². The van der Waals surface area contributed by atoms with Gasteiger partial charge < -0.3 is 9.13 Å². The third kappa shape index (κ3) is 2.99. The first-order valence-electron chi connectivity index (χ1n) is 10.7. The van der Waals surface area contributed by atoms with Crippen LogP contribution in [0.3, 0.4) is 0 Å². The lowest BCUT2D eigenvalue weighted by Crippen LogP contribution is -2.22. The summed E-state index contributed by atoms with van der Waals surface area (Å²) in [4.78, 5) is 30.6. The maximum atomic E-state index is 13.1. The van der Waals surface area contributed by atoms with Gasteiger partial charge in [-0.3, -0.25) is 19.9 Å². The fourth-order valence-electron chi connectivity index (χ4n) is 4.75. The molecule has 160 valence electrons. The number of amides is 2. The minimum absolute atomic E-state index is 0.368. The number of benzene rings is 2. The highest BCUT2D eigenvalue weighted by molar-refractivity contribution is 6.50.